The molecule has 1 N–H and O–H groups in total. The average Bonchev–Trinajstić information content (AvgIpc) is 2.86. The Morgan fingerprint density at radius 2 is 2.06 bits per heavy atom. The lowest BCUT2D eigenvalue weighted by Crippen LogP contribution is -1.85. The number of hydrogen-bond acceptors (Lipinski definition) is 4. The zero-order chi connectivity index (χ0) is 11.6. The summed E-state index contributed by atoms with van der Waals surface area (Å²) in [4.78, 5) is 13.7. The van der Waals surface area contributed by atoms with E-state index in [4.69, 9.17) is 5.11 Å². The van der Waals surface area contributed by atoms with Crippen LogP contribution in [0.5, 0.6) is 0 Å². The normalized spacial score (nSPS) is 9.50. The highest BCUT2D eigenvalue weighted by Gasteiger charge is 1.85. The first-order chi connectivity index (χ1) is 7.79. The summed E-state index contributed by atoms with van der Waals surface area (Å²) in [7, 11) is 0. The fourth-order valence-corrected chi connectivity index (χ4v) is 1.14. The highest BCUT2D eigenvalue weighted by molar-refractivity contribution is 7.03. The summed E-state index contributed by atoms with van der Waals surface area (Å²) in [6.45, 7) is 0. The lowest BCUT2D eigenvalue weighted by atomic mass is 10.2. The van der Waals surface area contributed by atoms with Gasteiger partial charge in [0.25, 0.3) is 0 Å². The van der Waals surface area contributed by atoms with Crippen molar-refractivity contribution in [2.24, 2.45) is 0 Å². The maximum atomic E-state index is 10.1. The van der Waals surface area contributed by atoms with Crippen LogP contribution in [0.2, 0.25) is 0 Å². The van der Waals surface area contributed by atoms with E-state index in [1.165, 1.54) is 17.9 Å². The maximum Gasteiger partial charge on any atom is 0.328 e. The van der Waals surface area contributed by atoms with E-state index in [1.807, 2.05) is 30.3 Å². The highest BCUT2D eigenvalue weighted by atomic mass is 32.1. The molecular formula is C11H10N2O2S. The van der Waals surface area contributed by atoms with Crippen LogP contribution < -0.4 is 0 Å². The number of carbonyl (C=O) groups is 1. The van der Waals surface area contributed by atoms with Gasteiger partial charge in [-0.2, -0.15) is 4.37 Å². The molecule has 1 heterocycles. The quantitative estimate of drug-likeness (QED) is 0.810. The lowest BCUT2D eigenvalue weighted by molar-refractivity contribution is -0.131. The molecule has 1 aromatic heterocycles. The fourth-order valence-electron chi connectivity index (χ4n) is 0.868. The summed E-state index contributed by atoms with van der Waals surface area (Å²) in [6, 6.07) is 9.31. The maximum absolute atomic E-state index is 10.1. The van der Waals surface area contributed by atoms with Crippen LogP contribution in [-0.4, -0.2) is 20.4 Å². The van der Waals surface area contributed by atoms with Crippen LogP contribution in [-0.2, 0) is 4.79 Å². The van der Waals surface area contributed by atoms with Gasteiger partial charge in [0.05, 0.1) is 0 Å². The van der Waals surface area contributed by atoms with Crippen molar-refractivity contribution in [2.45, 2.75) is 0 Å². The zero-order valence-corrected chi connectivity index (χ0v) is 9.17. The van der Waals surface area contributed by atoms with E-state index in [-0.39, 0.29) is 0 Å². The summed E-state index contributed by atoms with van der Waals surface area (Å²) in [5.41, 5.74) is 2.58. The minimum absolute atomic E-state index is 0.898. The number of aliphatic carboxylic acids is 1. The van der Waals surface area contributed by atoms with Gasteiger partial charge in [0.15, 0.2) is 0 Å². The first kappa shape index (κ1) is 12.1. The summed E-state index contributed by atoms with van der Waals surface area (Å²) in [5, 5.41) is 8.29. The van der Waals surface area contributed by atoms with Crippen LogP contribution in [0.4, 0.5) is 0 Å². The monoisotopic (exact) mass is 234 g/mol. The third-order valence-corrected chi connectivity index (χ3v) is 1.93. The molecule has 5 heteroatoms. The number of aromatic nitrogens is 2. The Hall–Kier alpha value is -2.01. The first-order valence-corrected chi connectivity index (χ1v) is 5.28. The SMILES string of the molecule is O=C(O)/C=C/c1ccccc1.c1ncsn1. The van der Waals surface area contributed by atoms with Crippen LogP contribution in [0.25, 0.3) is 6.08 Å². The van der Waals surface area contributed by atoms with Crippen molar-refractivity contribution in [2.75, 3.05) is 0 Å². The van der Waals surface area contributed by atoms with Gasteiger partial charge < -0.3 is 5.11 Å². The first-order valence-electron chi connectivity index (χ1n) is 4.44. The second-order valence-electron chi connectivity index (χ2n) is 2.66. The number of hydrogen-bond donors (Lipinski definition) is 1. The molecule has 0 unspecified atom stereocenters. The molecule has 82 valence electrons. The van der Waals surface area contributed by atoms with E-state index < -0.39 is 5.97 Å². The molecule has 0 saturated heterocycles. The molecule has 0 aliphatic heterocycles. The predicted molar refractivity (Wildman–Crippen MR) is 63.0 cm³/mol. The number of rotatable bonds is 2. The van der Waals surface area contributed by atoms with E-state index in [0.29, 0.717) is 0 Å². The van der Waals surface area contributed by atoms with E-state index in [0.717, 1.165) is 11.6 Å². The van der Waals surface area contributed by atoms with Gasteiger partial charge in [0.2, 0.25) is 0 Å². The molecule has 0 spiro atoms. The van der Waals surface area contributed by atoms with Gasteiger partial charge in [-0.15, -0.1) is 0 Å². The van der Waals surface area contributed by atoms with Gasteiger partial charge in [-0.25, -0.2) is 9.78 Å². The molecule has 0 bridgehead atoms. The molecule has 0 atom stereocenters. The topological polar surface area (TPSA) is 63.1 Å². The third-order valence-electron chi connectivity index (χ3n) is 1.50. The van der Waals surface area contributed by atoms with Crippen LogP contribution in [0.3, 0.4) is 0 Å². The minimum atomic E-state index is -0.922. The third kappa shape index (κ3) is 5.66. The van der Waals surface area contributed by atoms with Crippen molar-refractivity contribution in [3.05, 3.63) is 53.8 Å². The Kier molecular flexibility index (Phi) is 5.51. The lowest BCUT2D eigenvalue weighted by Gasteiger charge is -1.87. The Labute approximate surface area is 97.1 Å². The molecule has 1 aromatic carbocycles. The molecule has 16 heavy (non-hydrogen) atoms. The van der Waals surface area contributed by atoms with Gasteiger partial charge >= 0.3 is 5.97 Å². The number of nitrogens with zero attached hydrogens (tertiary/aromatic N) is 2. The van der Waals surface area contributed by atoms with Gasteiger partial charge in [-0.05, 0) is 23.2 Å². The van der Waals surface area contributed by atoms with Crippen molar-refractivity contribution in [1.29, 1.82) is 0 Å². The molecule has 0 fully saturated rings. The van der Waals surface area contributed by atoms with Gasteiger partial charge in [-0.3, -0.25) is 0 Å². The Morgan fingerprint density at radius 3 is 2.50 bits per heavy atom. The van der Waals surface area contributed by atoms with Crippen LogP contribution in [0.15, 0.2) is 48.2 Å². The summed E-state index contributed by atoms with van der Waals surface area (Å²) >= 11 is 1.35. The van der Waals surface area contributed by atoms with E-state index in [2.05, 4.69) is 9.36 Å². The van der Waals surface area contributed by atoms with Crippen LogP contribution in [0.1, 0.15) is 5.56 Å². The molecular weight excluding hydrogens is 224 g/mol. The summed E-state index contributed by atoms with van der Waals surface area (Å²) < 4.78 is 3.65. The number of carboxylic acid groups (broad SMARTS) is 1. The minimum Gasteiger partial charge on any atom is -0.478 e. The van der Waals surface area contributed by atoms with Gasteiger partial charge in [0, 0.05) is 6.08 Å². The smallest absolute Gasteiger partial charge is 0.328 e. The largest absolute Gasteiger partial charge is 0.478 e. The standard InChI is InChI=1S/C9H8O2.C2H2N2S/c10-9(11)7-6-8-4-2-1-3-5-8;1-3-2-5-4-1/h1-7H,(H,10,11);1-2H/b7-6+;. The molecule has 2 aromatic rings. The van der Waals surface area contributed by atoms with Crippen molar-refractivity contribution < 1.29 is 9.90 Å². The van der Waals surface area contributed by atoms with Crippen molar-refractivity contribution in [1.82, 2.24) is 9.36 Å². The zero-order valence-electron chi connectivity index (χ0n) is 8.35. The average molecular weight is 234 g/mol. The fraction of sp³-hybridized carbons (Fsp3) is 0. The number of carboxylic acids is 1. The molecule has 0 aliphatic carbocycles. The van der Waals surface area contributed by atoms with Crippen LogP contribution >= 0.6 is 11.5 Å². The number of benzene rings is 1. The highest BCUT2D eigenvalue weighted by Crippen LogP contribution is 1.99. The Morgan fingerprint density at radius 1 is 1.31 bits per heavy atom. The van der Waals surface area contributed by atoms with E-state index in [1.54, 1.807) is 11.6 Å². The van der Waals surface area contributed by atoms with Gasteiger partial charge in [0.1, 0.15) is 11.8 Å². The van der Waals surface area contributed by atoms with E-state index >= 15 is 0 Å². The van der Waals surface area contributed by atoms with Crippen molar-refractivity contribution in [3.63, 3.8) is 0 Å². The summed E-state index contributed by atoms with van der Waals surface area (Å²) in [5.74, 6) is -0.922. The summed E-state index contributed by atoms with van der Waals surface area (Å²) in [6.07, 6.45) is 4.20. The molecule has 0 amide bonds. The van der Waals surface area contributed by atoms with Crippen LogP contribution in [0, 0.1) is 0 Å². The second kappa shape index (κ2) is 7.30. The van der Waals surface area contributed by atoms with Crippen molar-refractivity contribution in [3.8, 4) is 0 Å². The van der Waals surface area contributed by atoms with E-state index in [9.17, 15) is 4.79 Å². The molecule has 0 aliphatic rings. The molecule has 0 radical (unpaired) electrons. The van der Waals surface area contributed by atoms with Gasteiger partial charge in [-0.1, -0.05) is 30.3 Å². The molecule has 4 nitrogen and oxygen atoms in total. The van der Waals surface area contributed by atoms with Crippen molar-refractivity contribution >= 4 is 23.6 Å². The Balaban J connectivity index is 0.000000212. The predicted octanol–water partition coefficient (Wildman–Crippen LogP) is 2.32. The molecule has 2 rings (SSSR count). The second-order valence-corrected chi connectivity index (χ2v) is 3.30. The Bertz CT molecular complexity index is 409. The molecule has 0 saturated carbocycles.